The van der Waals surface area contributed by atoms with E-state index in [0.29, 0.717) is 67.9 Å². The first-order valence-corrected chi connectivity index (χ1v) is 15.9. The second kappa shape index (κ2) is 11.9. The maximum absolute atomic E-state index is 13.6. The number of fused-ring (bicyclic) bond motifs is 2. The third kappa shape index (κ3) is 5.33. The van der Waals surface area contributed by atoms with Crippen LogP contribution >= 0.6 is 11.6 Å². The van der Waals surface area contributed by atoms with E-state index in [1.807, 2.05) is 55.6 Å². The van der Waals surface area contributed by atoms with Gasteiger partial charge in [0.1, 0.15) is 5.75 Å². The monoisotopic (exact) mass is 605 g/mol. The lowest BCUT2D eigenvalue weighted by atomic mass is 10.0. The number of hydrogen-bond donors (Lipinski definition) is 0. The lowest BCUT2D eigenvalue weighted by Crippen LogP contribution is -2.40. The molecule has 0 unspecified atom stereocenters. The molecule has 8 nitrogen and oxygen atoms in total. The molecule has 4 aromatic rings. The fraction of sp³-hybridized carbons (Fsp3) is 0.281. The molecule has 2 aliphatic heterocycles. The van der Waals surface area contributed by atoms with Crippen molar-refractivity contribution < 1.29 is 22.7 Å². The highest BCUT2D eigenvalue weighted by atomic mass is 35.5. The lowest BCUT2D eigenvalue weighted by Gasteiger charge is -2.26. The number of nitrogens with zero attached hydrogens (tertiary/aromatic N) is 3. The van der Waals surface area contributed by atoms with E-state index >= 15 is 0 Å². The van der Waals surface area contributed by atoms with E-state index in [4.69, 9.17) is 21.1 Å². The number of morpholine rings is 1. The van der Waals surface area contributed by atoms with Crippen LogP contribution in [0, 0.1) is 0 Å². The van der Waals surface area contributed by atoms with Crippen LogP contribution in [0.5, 0.6) is 5.75 Å². The zero-order chi connectivity index (χ0) is 29.3. The predicted molar refractivity (Wildman–Crippen MR) is 165 cm³/mol. The summed E-state index contributed by atoms with van der Waals surface area (Å²) in [5.74, 6) is 0.522. The number of para-hydroxylation sites is 2. The van der Waals surface area contributed by atoms with Crippen molar-refractivity contribution in [2.75, 3.05) is 44.4 Å². The van der Waals surface area contributed by atoms with Crippen LogP contribution in [-0.2, 0) is 26.1 Å². The van der Waals surface area contributed by atoms with Gasteiger partial charge in [-0.15, -0.1) is 0 Å². The Hall–Kier alpha value is -3.63. The molecule has 6 rings (SSSR count). The number of amides is 1. The van der Waals surface area contributed by atoms with Gasteiger partial charge in [0.2, 0.25) is 10.0 Å². The zero-order valence-corrected chi connectivity index (χ0v) is 24.9. The van der Waals surface area contributed by atoms with Gasteiger partial charge in [0.05, 0.1) is 35.4 Å². The van der Waals surface area contributed by atoms with E-state index in [-0.39, 0.29) is 10.8 Å². The van der Waals surface area contributed by atoms with Gasteiger partial charge >= 0.3 is 0 Å². The number of carbonyl (C=O) groups is 1. The van der Waals surface area contributed by atoms with E-state index in [2.05, 4.69) is 10.6 Å². The summed E-state index contributed by atoms with van der Waals surface area (Å²) in [6.07, 6.45) is 4.69. The average molecular weight is 606 g/mol. The van der Waals surface area contributed by atoms with E-state index in [1.54, 1.807) is 29.2 Å². The van der Waals surface area contributed by atoms with E-state index in [0.717, 1.165) is 28.6 Å². The molecule has 218 valence electrons. The van der Waals surface area contributed by atoms with Crippen LogP contribution in [0.25, 0.3) is 22.6 Å². The standard InChI is InChI=1S/C32H32ClN3O5S/c1-2-36-30-13-12-24(42(38,39)35-15-18-40-19-16-35)21-26(30)27(32(36)37)20-23-22-34(29-10-5-3-8-25(23)29)14-7-17-41-31-11-6-4-9-28(31)33/h3-6,8-13,20-22H,2,7,14-19H2,1H3. The van der Waals surface area contributed by atoms with Crippen LogP contribution < -0.4 is 9.64 Å². The van der Waals surface area contributed by atoms with Gasteiger partial charge < -0.3 is 18.9 Å². The van der Waals surface area contributed by atoms with Crippen molar-refractivity contribution in [2.45, 2.75) is 24.8 Å². The second-order valence-electron chi connectivity index (χ2n) is 10.2. The number of carbonyl (C=O) groups excluding carboxylic acids is 1. The van der Waals surface area contributed by atoms with E-state index in [9.17, 15) is 13.2 Å². The molecule has 1 fully saturated rings. The number of likely N-dealkylation sites (N-methyl/N-ethyl adjacent to an activating group) is 1. The number of aromatic nitrogens is 1. The highest BCUT2D eigenvalue weighted by Gasteiger charge is 2.34. The van der Waals surface area contributed by atoms with Gasteiger partial charge in [0, 0.05) is 60.0 Å². The summed E-state index contributed by atoms with van der Waals surface area (Å²) in [7, 11) is -3.72. The van der Waals surface area contributed by atoms with Crippen molar-refractivity contribution in [1.29, 1.82) is 0 Å². The lowest BCUT2D eigenvalue weighted by molar-refractivity contribution is -0.112. The summed E-state index contributed by atoms with van der Waals surface area (Å²) in [5, 5.41) is 1.60. The van der Waals surface area contributed by atoms with Crippen molar-refractivity contribution >= 4 is 55.8 Å². The molecule has 2 aliphatic rings. The molecule has 0 N–H and O–H groups in total. The number of benzene rings is 3. The molecule has 0 atom stereocenters. The highest BCUT2D eigenvalue weighted by Crippen LogP contribution is 2.40. The normalized spacial score (nSPS) is 16.9. The van der Waals surface area contributed by atoms with Crippen LogP contribution in [0.15, 0.2) is 77.8 Å². The SMILES string of the molecule is CCN1C(=O)C(=Cc2cn(CCCOc3ccccc3Cl)c3ccccc23)c2cc(S(=O)(=O)N3CCOCC3)ccc21. The van der Waals surface area contributed by atoms with Gasteiger partial charge in [-0.25, -0.2) is 8.42 Å². The summed E-state index contributed by atoms with van der Waals surface area (Å²) >= 11 is 6.22. The van der Waals surface area contributed by atoms with Crippen LogP contribution in [0.3, 0.4) is 0 Å². The Morgan fingerprint density at radius 3 is 2.57 bits per heavy atom. The van der Waals surface area contributed by atoms with Crippen molar-refractivity contribution in [3.63, 3.8) is 0 Å². The topological polar surface area (TPSA) is 81.1 Å². The third-order valence-electron chi connectivity index (χ3n) is 7.71. The number of sulfonamides is 1. The molecule has 1 aromatic heterocycles. The van der Waals surface area contributed by atoms with Gasteiger partial charge in [-0.05, 0) is 55.8 Å². The summed E-state index contributed by atoms with van der Waals surface area (Å²) in [4.78, 5) is 15.5. The molecular formula is C32H32ClN3O5S. The highest BCUT2D eigenvalue weighted by molar-refractivity contribution is 7.89. The largest absolute Gasteiger partial charge is 0.492 e. The van der Waals surface area contributed by atoms with E-state index in [1.165, 1.54) is 4.31 Å². The summed E-state index contributed by atoms with van der Waals surface area (Å²) in [6, 6.07) is 20.5. The Morgan fingerprint density at radius 2 is 1.79 bits per heavy atom. The fourth-order valence-electron chi connectivity index (χ4n) is 5.60. The maximum atomic E-state index is 13.6. The Morgan fingerprint density at radius 1 is 1.02 bits per heavy atom. The summed E-state index contributed by atoms with van der Waals surface area (Å²) in [6.45, 7) is 4.97. The average Bonchev–Trinajstić information content (AvgIpc) is 3.50. The number of ether oxygens (including phenoxy) is 2. The number of hydrogen-bond acceptors (Lipinski definition) is 5. The molecular weight excluding hydrogens is 574 g/mol. The van der Waals surface area contributed by atoms with Crippen molar-refractivity contribution in [2.24, 2.45) is 0 Å². The fourth-order valence-corrected chi connectivity index (χ4v) is 7.22. The number of aryl methyl sites for hydroxylation is 1. The molecule has 3 aromatic carbocycles. The molecule has 0 saturated carbocycles. The molecule has 10 heteroatoms. The first-order chi connectivity index (χ1) is 20.4. The molecule has 0 spiro atoms. The smallest absolute Gasteiger partial charge is 0.258 e. The predicted octanol–water partition coefficient (Wildman–Crippen LogP) is 5.69. The minimum absolute atomic E-state index is 0.140. The van der Waals surface area contributed by atoms with Crippen LogP contribution in [0.2, 0.25) is 5.02 Å². The maximum Gasteiger partial charge on any atom is 0.258 e. The molecule has 1 amide bonds. The summed E-state index contributed by atoms with van der Waals surface area (Å²) < 4.78 is 41.7. The molecule has 42 heavy (non-hydrogen) atoms. The van der Waals surface area contributed by atoms with Crippen LogP contribution in [0.1, 0.15) is 24.5 Å². The Labute approximate surface area is 250 Å². The van der Waals surface area contributed by atoms with E-state index < -0.39 is 10.0 Å². The summed E-state index contributed by atoms with van der Waals surface area (Å²) in [5.41, 5.74) is 3.77. The molecule has 0 radical (unpaired) electrons. The first kappa shape index (κ1) is 28.5. The molecule has 1 saturated heterocycles. The van der Waals surface area contributed by atoms with Gasteiger partial charge in [-0.2, -0.15) is 4.31 Å². The number of halogens is 1. The Balaban J connectivity index is 1.32. The Kier molecular flexibility index (Phi) is 8.09. The van der Waals surface area contributed by atoms with Crippen molar-refractivity contribution in [3.8, 4) is 5.75 Å². The minimum atomic E-state index is -3.72. The van der Waals surface area contributed by atoms with Gasteiger partial charge in [0.25, 0.3) is 5.91 Å². The van der Waals surface area contributed by atoms with Gasteiger partial charge in [-0.3, -0.25) is 4.79 Å². The van der Waals surface area contributed by atoms with Crippen LogP contribution in [-0.4, -0.2) is 62.7 Å². The van der Waals surface area contributed by atoms with Crippen LogP contribution in [0.4, 0.5) is 5.69 Å². The second-order valence-corrected chi connectivity index (χ2v) is 12.6. The minimum Gasteiger partial charge on any atom is -0.492 e. The van der Waals surface area contributed by atoms with Gasteiger partial charge in [0.15, 0.2) is 0 Å². The molecule has 3 heterocycles. The molecule has 0 aliphatic carbocycles. The zero-order valence-electron chi connectivity index (χ0n) is 23.3. The van der Waals surface area contributed by atoms with Crippen molar-refractivity contribution in [1.82, 2.24) is 8.87 Å². The van der Waals surface area contributed by atoms with Gasteiger partial charge in [-0.1, -0.05) is 41.9 Å². The van der Waals surface area contributed by atoms with Crippen molar-refractivity contribution in [3.05, 3.63) is 89.1 Å². The number of anilines is 1. The quantitative estimate of drug-likeness (QED) is 0.181. The molecule has 0 bridgehead atoms. The third-order valence-corrected chi connectivity index (χ3v) is 9.91. The number of rotatable bonds is 9. The first-order valence-electron chi connectivity index (χ1n) is 14.1. The Bertz CT molecular complexity index is 1780.